The normalized spacial score (nSPS) is 10.2. The molecule has 0 unspecified atom stereocenters. The summed E-state index contributed by atoms with van der Waals surface area (Å²) in [6.45, 7) is 3.33. The Balaban J connectivity index is 2.46. The first-order valence-corrected chi connectivity index (χ1v) is 5.49. The second-order valence-electron chi connectivity index (χ2n) is 3.74. The Morgan fingerprint density at radius 2 is 2.29 bits per heavy atom. The molecule has 94 valence electrons. The molecule has 0 aliphatic heterocycles. The molecule has 1 N–H and O–H groups in total. The lowest BCUT2D eigenvalue weighted by atomic mass is 10.2. The quantitative estimate of drug-likeness (QED) is 0.448. The van der Waals surface area contributed by atoms with Gasteiger partial charge >= 0.3 is 0 Å². The van der Waals surface area contributed by atoms with Crippen molar-refractivity contribution in [1.29, 1.82) is 0 Å². The van der Waals surface area contributed by atoms with Crippen LogP contribution in [0.2, 0.25) is 0 Å². The van der Waals surface area contributed by atoms with Gasteiger partial charge in [-0.25, -0.2) is 4.98 Å². The summed E-state index contributed by atoms with van der Waals surface area (Å²) in [6, 6.07) is 1.52. The first-order chi connectivity index (χ1) is 8.15. The van der Waals surface area contributed by atoms with E-state index in [-0.39, 0.29) is 5.69 Å². The van der Waals surface area contributed by atoms with Crippen molar-refractivity contribution in [3.8, 4) is 0 Å². The number of pyridine rings is 1. The summed E-state index contributed by atoms with van der Waals surface area (Å²) in [6.07, 6.45) is 3.23. The Labute approximate surface area is 100 Å². The number of unbranched alkanes of at least 4 members (excludes halogenated alkanes) is 1. The van der Waals surface area contributed by atoms with Crippen LogP contribution in [0.3, 0.4) is 0 Å². The van der Waals surface area contributed by atoms with Gasteiger partial charge in [-0.3, -0.25) is 10.1 Å². The van der Waals surface area contributed by atoms with E-state index >= 15 is 0 Å². The lowest BCUT2D eigenvalue weighted by molar-refractivity contribution is -0.385. The number of aromatic nitrogens is 1. The highest BCUT2D eigenvalue weighted by Crippen LogP contribution is 2.17. The van der Waals surface area contributed by atoms with E-state index in [1.807, 2.05) is 0 Å². The van der Waals surface area contributed by atoms with Crippen LogP contribution < -0.4 is 5.32 Å². The van der Waals surface area contributed by atoms with Crippen LogP contribution in [0.1, 0.15) is 18.4 Å². The summed E-state index contributed by atoms with van der Waals surface area (Å²) >= 11 is 0. The standard InChI is InChI=1S/C11H17N3O3/c1-9-7-10(14(15)16)8-13-11(9)12-5-3-4-6-17-2/h7-8H,3-6H2,1-2H3,(H,12,13). The molecule has 1 heterocycles. The van der Waals surface area contributed by atoms with Gasteiger partial charge in [0.2, 0.25) is 0 Å². The highest BCUT2D eigenvalue weighted by atomic mass is 16.6. The maximum absolute atomic E-state index is 10.5. The van der Waals surface area contributed by atoms with Gasteiger partial charge in [0.05, 0.1) is 4.92 Å². The van der Waals surface area contributed by atoms with Crippen LogP contribution in [0.25, 0.3) is 0 Å². The summed E-state index contributed by atoms with van der Waals surface area (Å²) in [5.74, 6) is 0.702. The molecule has 17 heavy (non-hydrogen) atoms. The van der Waals surface area contributed by atoms with Crippen molar-refractivity contribution >= 4 is 11.5 Å². The van der Waals surface area contributed by atoms with Crippen molar-refractivity contribution in [1.82, 2.24) is 4.98 Å². The third-order valence-electron chi connectivity index (χ3n) is 2.34. The number of nitro groups is 1. The number of hydrogen-bond acceptors (Lipinski definition) is 5. The third kappa shape index (κ3) is 4.36. The first-order valence-electron chi connectivity index (χ1n) is 5.49. The number of hydrogen-bond donors (Lipinski definition) is 1. The molecule has 1 aromatic rings. The summed E-state index contributed by atoms with van der Waals surface area (Å²) in [4.78, 5) is 14.1. The smallest absolute Gasteiger partial charge is 0.287 e. The second kappa shape index (κ2) is 6.80. The van der Waals surface area contributed by atoms with E-state index in [0.29, 0.717) is 5.82 Å². The molecule has 6 nitrogen and oxygen atoms in total. The van der Waals surface area contributed by atoms with Crippen LogP contribution >= 0.6 is 0 Å². The van der Waals surface area contributed by atoms with Gasteiger partial charge in [-0.1, -0.05) is 0 Å². The van der Waals surface area contributed by atoms with Gasteiger partial charge < -0.3 is 10.1 Å². The maximum Gasteiger partial charge on any atom is 0.287 e. The second-order valence-corrected chi connectivity index (χ2v) is 3.74. The molecule has 0 aromatic carbocycles. The molecule has 0 bridgehead atoms. The van der Waals surface area contributed by atoms with Crippen LogP contribution in [0.15, 0.2) is 12.3 Å². The molecular formula is C11H17N3O3. The SMILES string of the molecule is COCCCCNc1ncc([N+](=O)[O-])cc1C. The van der Waals surface area contributed by atoms with Gasteiger partial charge in [0.1, 0.15) is 12.0 Å². The van der Waals surface area contributed by atoms with Crippen LogP contribution in [0, 0.1) is 17.0 Å². The number of methoxy groups -OCH3 is 1. The molecule has 0 fully saturated rings. The van der Waals surface area contributed by atoms with Gasteiger partial charge in [0.25, 0.3) is 5.69 Å². The summed E-state index contributed by atoms with van der Waals surface area (Å²) in [5.41, 5.74) is 0.804. The van der Waals surface area contributed by atoms with Crippen molar-refractivity contribution in [2.75, 3.05) is 25.6 Å². The third-order valence-corrected chi connectivity index (χ3v) is 2.34. The van der Waals surface area contributed by atoms with E-state index in [0.717, 1.165) is 31.6 Å². The number of nitrogens with zero attached hydrogens (tertiary/aromatic N) is 2. The van der Waals surface area contributed by atoms with Crippen LogP contribution in [-0.4, -0.2) is 30.2 Å². The van der Waals surface area contributed by atoms with Crippen LogP contribution in [0.4, 0.5) is 11.5 Å². The fourth-order valence-electron chi connectivity index (χ4n) is 1.42. The van der Waals surface area contributed by atoms with E-state index in [1.165, 1.54) is 12.3 Å². The van der Waals surface area contributed by atoms with Crippen LogP contribution in [-0.2, 0) is 4.74 Å². The zero-order chi connectivity index (χ0) is 12.7. The molecule has 0 atom stereocenters. The zero-order valence-corrected chi connectivity index (χ0v) is 10.1. The van der Waals surface area contributed by atoms with Crippen molar-refractivity contribution in [3.05, 3.63) is 27.9 Å². The van der Waals surface area contributed by atoms with Crippen molar-refractivity contribution in [2.45, 2.75) is 19.8 Å². The average molecular weight is 239 g/mol. The Kier molecular flexibility index (Phi) is 5.35. The topological polar surface area (TPSA) is 77.3 Å². The van der Waals surface area contributed by atoms with E-state index < -0.39 is 4.92 Å². The molecule has 0 saturated heterocycles. The summed E-state index contributed by atoms with van der Waals surface area (Å²) in [7, 11) is 1.68. The molecule has 0 aliphatic rings. The highest BCUT2D eigenvalue weighted by molar-refractivity contribution is 5.48. The minimum atomic E-state index is -0.442. The fourth-order valence-corrected chi connectivity index (χ4v) is 1.42. The molecule has 6 heteroatoms. The molecule has 1 rings (SSSR count). The minimum Gasteiger partial charge on any atom is -0.385 e. The van der Waals surface area contributed by atoms with E-state index in [4.69, 9.17) is 4.74 Å². The largest absolute Gasteiger partial charge is 0.385 e. The Hall–Kier alpha value is -1.69. The summed E-state index contributed by atoms with van der Waals surface area (Å²) < 4.78 is 4.94. The summed E-state index contributed by atoms with van der Waals surface area (Å²) in [5, 5.41) is 13.7. The molecule has 0 amide bonds. The number of nitrogens with one attached hydrogen (secondary N) is 1. The molecule has 0 spiro atoms. The Morgan fingerprint density at radius 3 is 2.88 bits per heavy atom. The van der Waals surface area contributed by atoms with Crippen molar-refractivity contribution in [3.63, 3.8) is 0 Å². The number of anilines is 1. The number of aryl methyl sites for hydroxylation is 1. The lowest BCUT2D eigenvalue weighted by Gasteiger charge is -2.07. The van der Waals surface area contributed by atoms with E-state index in [1.54, 1.807) is 14.0 Å². The van der Waals surface area contributed by atoms with E-state index in [9.17, 15) is 10.1 Å². The Morgan fingerprint density at radius 1 is 1.53 bits per heavy atom. The molecule has 1 aromatic heterocycles. The molecule has 0 aliphatic carbocycles. The average Bonchev–Trinajstić information content (AvgIpc) is 2.30. The lowest BCUT2D eigenvalue weighted by Crippen LogP contribution is -2.06. The van der Waals surface area contributed by atoms with Gasteiger partial charge in [-0.15, -0.1) is 0 Å². The molecule has 0 saturated carbocycles. The van der Waals surface area contributed by atoms with Crippen molar-refractivity contribution < 1.29 is 9.66 Å². The molecular weight excluding hydrogens is 222 g/mol. The predicted octanol–water partition coefficient (Wildman–Crippen LogP) is 2.14. The minimum absolute atomic E-state index is 0.0208. The number of rotatable bonds is 7. The van der Waals surface area contributed by atoms with Gasteiger partial charge in [-0.2, -0.15) is 0 Å². The predicted molar refractivity (Wildman–Crippen MR) is 65.2 cm³/mol. The first kappa shape index (κ1) is 13.4. The maximum atomic E-state index is 10.5. The van der Waals surface area contributed by atoms with E-state index in [2.05, 4.69) is 10.3 Å². The van der Waals surface area contributed by atoms with Crippen molar-refractivity contribution in [2.24, 2.45) is 0 Å². The monoisotopic (exact) mass is 239 g/mol. The van der Waals surface area contributed by atoms with Crippen LogP contribution in [0.5, 0.6) is 0 Å². The fraction of sp³-hybridized carbons (Fsp3) is 0.545. The van der Waals surface area contributed by atoms with Gasteiger partial charge in [0, 0.05) is 26.3 Å². The Bertz CT molecular complexity index is 382. The number of ether oxygens (including phenoxy) is 1. The van der Waals surface area contributed by atoms with Gasteiger partial charge in [-0.05, 0) is 25.3 Å². The van der Waals surface area contributed by atoms with Gasteiger partial charge in [0.15, 0.2) is 0 Å². The molecule has 0 radical (unpaired) electrons. The zero-order valence-electron chi connectivity index (χ0n) is 10.1. The highest BCUT2D eigenvalue weighted by Gasteiger charge is 2.08.